The minimum atomic E-state index is -3.81. The predicted octanol–water partition coefficient (Wildman–Crippen LogP) is 2.03. The molecule has 2 saturated heterocycles. The van der Waals surface area contributed by atoms with Crippen molar-refractivity contribution in [3.63, 3.8) is 0 Å². The van der Waals surface area contributed by atoms with E-state index in [9.17, 15) is 26.7 Å². The fraction of sp³-hybridized carbons (Fsp3) is 0.421. The van der Waals surface area contributed by atoms with E-state index in [1.165, 1.54) is 28.6 Å². The zero-order valence-electron chi connectivity index (χ0n) is 16.6. The number of sulfonamides is 2. The Morgan fingerprint density at radius 1 is 1.03 bits per heavy atom. The van der Waals surface area contributed by atoms with Crippen LogP contribution in [0.25, 0.3) is 0 Å². The van der Waals surface area contributed by atoms with Gasteiger partial charge in [0.25, 0.3) is 10.0 Å². The van der Waals surface area contributed by atoms with Crippen molar-refractivity contribution >= 4 is 43.0 Å². The summed E-state index contributed by atoms with van der Waals surface area (Å²) in [5.74, 6) is -0.900. The Hall–Kier alpha value is -1.99. The Balaban J connectivity index is 1.57. The number of anilines is 1. The maximum atomic E-state index is 12.9. The molecule has 12 heteroatoms. The van der Waals surface area contributed by atoms with E-state index in [1.54, 1.807) is 11.4 Å². The van der Waals surface area contributed by atoms with Crippen molar-refractivity contribution in [3.8, 4) is 5.75 Å². The zero-order chi connectivity index (χ0) is 22.2. The highest BCUT2D eigenvalue weighted by Crippen LogP contribution is 2.32. The number of phenols is 1. The first kappa shape index (κ1) is 22.2. The van der Waals surface area contributed by atoms with Gasteiger partial charge in [-0.3, -0.25) is 4.79 Å². The number of rotatable bonds is 6. The third-order valence-corrected chi connectivity index (χ3v) is 10.7. The second-order valence-electron chi connectivity index (χ2n) is 7.49. The largest absolute Gasteiger partial charge is 0.506 e. The topological polar surface area (TPSA) is 124 Å². The summed E-state index contributed by atoms with van der Waals surface area (Å²) < 4.78 is 54.1. The number of hydrogen-bond acceptors (Lipinski definition) is 7. The number of benzene rings is 1. The highest BCUT2D eigenvalue weighted by Gasteiger charge is 2.40. The minimum Gasteiger partial charge on any atom is -0.506 e. The van der Waals surface area contributed by atoms with Crippen LogP contribution in [0.3, 0.4) is 0 Å². The van der Waals surface area contributed by atoms with Gasteiger partial charge in [0.05, 0.1) is 10.6 Å². The van der Waals surface area contributed by atoms with E-state index in [1.807, 2.05) is 0 Å². The molecule has 168 valence electrons. The van der Waals surface area contributed by atoms with Crippen molar-refractivity contribution in [1.82, 2.24) is 8.61 Å². The summed E-state index contributed by atoms with van der Waals surface area (Å²) in [6.45, 7) is 1.08. The van der Waals surface area contributed by atoms with Gasteiger partial charge in [0.2, 0.25) is 15.9 Å². The molecule has 0 aliphatic carbocycles. The maximum absolute atomic E-state index is 12.9. The van der Waals surface area contributed by atoms with Crippen LogP contribution in [0.15, 0.2) is 44.8 Å². The molecule has 4 rings (SSSR count). The Morgan fingerprint density at radius 2 is 1.77 bits per heavy atom. The van der Waals surface area contributed by atoms with Crippen LogP contribution < -0.4 is 5.32 Å². The molecule has 2 fully saturated rings. The lowest BCUT2D eigenvalue weighted by Crippen LogP contribution is -2.42. The molecule has 0 spiro atoms. The molecule has 2 aromatic rings. The van der Waals surface area contributed by atoms with Gasteiger partial charge in [0, 0.05) is 19.6 Å². The number of carbonyl (C=O) groups excluding carboxylic acids is 1. The van der Waals surface area contributed by atoms with Gasteiger partial charge >= 0.3 is 0 Å². The molecule has 0 saturated carbocycles. The number of hydrogen-bond donors (Lipinski definition) is 2. The summed E-state index contributed by atoms with van der Waals surface area (Å²) in [5, 5.41) is 14.4. The number of phenolic OH excluding ortho intramolecular Hbond substituents is 1. The minimum absolute atomic E-state index is 0.0306. The summed E-state index contributed by atoms with van der Waals surface area (Å²) in [4.78, 5) is 12.9. The average molecular weight is 486 g/mol. The number of carbonyl (C=O) groups is 1. The third-order valence-electron chi connectivity index (χ3n) is 5.49. The highest BCUT2D eigenvalue weighted by molar-refractivity contribution is 7.91. The van der Waals surface area contributed by atoms with Gasteiger partial charge in [-0.25, -0.2) is 16.8 Å². The fourth-order valence-electron chi connectivity index (χ4n) is 3.89. The molecule has 1 atom stereocenters. The molecule has 0 bridgehead atoms. The molecule has 2 aliphatic rings. The van der Waals surface area contributed by atoms with Crippen molar-refractivity contribution < 1.29 is 26.7 Å². The first-order valence-corrected chi connectivity index (χ1v) is 13.7. The molecule has 1 amide bonds. The van der Waals surface area contributed by atoms with Crippen LogP contribution in [-0.4, -0.2) is 62.1 Å². The van der Waals surface area contributed by atoms with E-state index < -0.39 is 32.0 Å². The molecule has 31 heavy (non-hydrogen) atoms. The molecule has 3 heterocycles. The molecule has 1 unspecified atom stereocenters. The number of nitrogens with zero attached hydrogens (tertiary/aromatic N) is 2. The molecule has 0 radical (unpaired) electrons. The van der Waals surface area contributed by atoms with Crippen LogP contribution >= 0.6 is 11.3 Å². The molecular weight excluding hydrogens is 462 g/mol. The van der Waals surface area contributed by atoms with Crippen LogP contribution in [0, 0.1) is 0 Å². The normalized spacial score (nSPS) is 20.8. The lowest BCUT2D eigenvalue weighted by Gasteiger charge is -2.23. The summed E-state index contributed by atoms with van der Waals surface area (Å²) >= 11 is 1.08. The fourth-order valence-corrected chi connectivity index (χ4v) is 8.20. The van der Waals surface area contributed by atoms with Gasteiger partial charge in [-0.05, 0) is 55.3 Å². The quantitative estimate of drug-likeness (QED) is 0.604. The Morgan fingerprint density at radius 3 is 2.45 bits per heavy atom. The zero-order valence-corrected chi connectivity index (χ0v) is 19.0. The number of thiophene rings is 1. The second-order valence-corrected chi connectivity index (χ2v) is 12.5. The standard InChI is InChI=1S/C19H23N3O6S3/c23-17-8-7-14(30(25,26)21-9-1-2-10-21)13-15(17)20-19(24)16-5-3-11-22(16)31(27,28)18-6-4-12-29-18/h4,6-8,12-13,16,23H,1-3,5,9-11H2,(H,20,24). The van der Waals surface area contributed by atoms with Crippen LogP contribution in [0.5, 0.6) is 5.75 Å². The molecule has 1 aromatic carbocycles. The van der Waals surface area contributed by atoms with Crippen molar-refractivity contribution in [2.24, 2.45) is 0 Å². The second kappa shape index (κ2) is 8.51. The van der Waals surface area contributed by atoms with Crippen LogP contribution in [0.4, 0.5) is 5.69 Å². The van der Waals surface area contributed by atoms with Gasteiger partial charge < -0.3 is 10.4 Å². The third kappa shape index (κ3) is 4.22. The molecule has 2 aliphatic heterocycles. The van der Waals surface area contributed by atoms with E-state index in [0.29, 0.717) is 25.9 Å². The van der Waals surface area contributed by atoms with Gasteiger partial charge in [-0.2, -0.15) is 8.61 Å². The molecule has 1 aromatic heterocycles. The SMILES string of the molecule is O=C(Nc1cc(S(=O)(=O)N2CCCC2)ccc1O)C1CCCN1S(=O)(=O)c1cccs1. The number of amides is 1. The highest BCUT2D eigenvalue weighted by atomic mass is 32.2. The summed E-state index contributed by atoms with van der Waals surface area (Å²) in [5.41, 5.74) is -0.0642. The first-order valence-electron chi connectivity index (χ1n) is 9.90. The Labute approximate surface area is 185 Å². The average Bonchev–Trinajstić information content (AvgIpc) is 3.51. The molecule has 2 N–H and O–H groups in total. The van der Waals surface area contributed by atoms with E-state index in [-0.39, 0.29) is 27.1 Å². The predicted molar refractivity (Wildman–Crippen MR) is 116 cm³/mol. The molecule has 9 nitrogen and oxygen atoms in total. The Kier molecular flexibility index (Phi) is 6.10. The number of aromatic hydroxyl groups is 1. The lowest BCUT2D eigenvalue weighted by molar-refractivity contribution is -0.119. The first-order chi connectivity index (χ1) is 14.7. The van der Waals surface area contributed by atoms with Gasteiger partial charge in [0.1, 0.15) is 16.0 Å². The Bertz CT molecular complexity index is 1170. The van der Waals surface area contributed by atoms with Gasteiger partial charge in [-0.15, -0.1) is 11.3 Å². The molecular formula is C19H23N3O6S3. The van der Waals surface area contributed by atoms with E-state index in [4.69, 9.17) is 0 Å². The van der Waals surface area contributed by atoms with Crippen molar-refractivity contribution in [2.75, 3.05) is 25.0 Å². The van der Waals surface area contributed by atoms with E-state index in [0.717, 1.165) is 28.5 Å². The monoisotopic (exact) mass is 485 g/mol. The van der Waals surface area contributed by atoms with Crippen molar-refractivity contribution in [2.45, 2.75) is 40.8 Å². The summed E-state index contributed by atoms with van der Waals surface area (Å²) in [6, 6.07) is 5.91. The van der Waals surface area contributed by atoms with Crippen molar-refractivity contribution in [3.05, 3.63) is 35.7 Å². The lowest BCUT2D eigenvalue weighted by atomic mass is 10.2. The van der Waals surface area contributed by atoms with Gasteiger partial charge in [-0.1, -0.05) is 6.07 Å². The van der Waals surface area contributed by atoms with Crippen molar-refractivity contribution in [1.29, 1.82) is 0 Å². The smallest absolute Gasteiger partial charge is 0.253 e. The van der Waals surface area contributed by atoms with Crippen LogP contribution in [-0.2, 0) is 24.8 Å². The summed E-state index contributed by atoms with van der Waals surface area (Å²) in [7, 11) is -7.54. The van der Waals surface area contributed by atoms with Crippen LogP contribution in [0.1, 0.15) is 25.7 Å². The van der Waals surface area contributed by atoms with Gasteiger partial charge in [0.15, 0.2) is 0 Å². The maximum Gasteiger partial charge on any atom is 0.253 e. The van der Waals surface area contributed by atoms with Crippen LogP contribution in [0.2, 0.25) is 0 Å². The van der Waals surface area contributed by atoms with E-state index in [2.05, 4.69) is 5.32 Å². The number of nitrogens with one attached hydrogen (secondary N) is 1. The summed E-state index contributed by atoms with van der Waals surface area (Å²) in [6.07, 6.45) is 2.44. The van der Waals surface area contributed by atoms with E-state index >= 15 is 0 Å².